The second-order valence-corrected chi connectivity index (χ2v) is 4.97. The monoisotopic (exact) mass is 291 g/mol. The van der Waals surface area contributed by atoms with Crippen LogP contribution in [0.25, 0.3) is 0 Å². The quantitative estimate of drug-likeness (QED) is 0.859. The average molecular weight is 292 g/mol. The maximum absolute atomic E-state index is 8.90. The van der Waals surface area contributed by atoms with Gasteiger partial charge in [-0.3, -0.25) is 0 Å². The van der Waals surface area contributed by atoms with Crippen molar-refractivity contribution in [1.29, 1.82) is 0 Å². The highest BCUT2D eigenvalue weighted by Crippen LogP contribution is 2.15. The number of pyridine rings is 1. The molecule has 4 nitrogen and oxygen atoms in total. The van der Waals surface area contributed by atoms with Gasteiger partial charge in [-0.2, -0.15) is 0 Å². The highest BCUT2D eigenvalue weighted by Gasteiger charge is 2.01. The lowest BCUT2D eigenvalue weighted by molar-refractivity contribution is 0.304. The Morgan fingerprint density at radius 1 is 1.30 bits per heavy atom. The van der Waals surface area contributed by atoms with Gasteiger partial charge in [-0.25, -0.2) is 4.98 Å². The summed E-state index contributed by atoms with van der Waals surface area (Å²) in [6, 6.07) is 11.6. The maximum Gasteiger partial charge on any atom is 0.126 e. The smallest absolute Gasteiger partial charge is 0.126 e. The van der Waals surface area contributed by atoms with E-state index in [-0.39, 0.29) is 6.61 Å². The summed E-state index contributed by atoms with van der Waals surface area (Å²) in [4.78, 5) is 6.30. The lowest BCUT2D eigenvalue weighted by atomic mass is 10.2. The van der Waals surface area contributed by atoms with Gasteiger partial charge in [0.2, 0.25) is 0 Å². The first-order valence-corrected chi connectivity index (χ1v) is 6.83. The van der Waals surface area contributed by atoms with Crippen molar-refractivity contribution in [3.05, 3.63) is 53.2 Å². The fourth-order valence-electron chi connectivity index (χ4n) is 1.84. The molecule has 0 saturated heterocycles. The van der Waals surface area contributed by atoms with Crippen molar-refractivity contribution < 1.29 is 5.11 Å². The number of nitrogens with zero attached hydrogens (tertiary/aromatic N) is 2. The Balaban J connectivity index is 1.94. The molecule has 2 N–H and O–H groups in total. The molecule has 1 aromatic heterocycles. The Labute approximate surface area is 124 Å². The molecule has 0 spiro atoms. The molecule has 1 aromatic carbocycles. The lowest BCUT2D eigenvalue weighted by Gasteiger charge is -2.17. The van der Waals surface area contributed by atoms with Gasteiger partial charge in [0.25, 0.3) is 0 Å². The molecule has 1 heterocycles. The number of aromatic nitrogens is 1. The molecule has 2 aromatic rings. The Bertz CT molecular complexity index is 545. The minimum absolute atomic E-state index is 0.130. The Morgan fingerprint density at radius 2 is 2.15 bits per heavy atom. The summed E-state index contributed by atoms with van der Waals surface area (Å²) in [6.45, 7) is 1.40. The summed E-state index contributed by atoms with van der Waals surface area (Å²) in [5.41, 5.74) is 2.09. The van der Waals surface area contributed by atoms with Crippen LogP contribution >= 0.6 is 11.6 Å². The normalized spacial score (nSPS) is 10.3. The van der Waals surface area contributed by atoms with Crippen LogP contribution < -0.4 is 10.2 Å². The third kappa shape index (κ3) is 4.11. The zero-order valence-electron chi connectivity index (χ0n) is 11.4. The summed E-state index contributed by atoms with van der Waals surface area (Å²) in [6.07, 6.45) is 1.79. The summed E-state index contributed by atoms with van der Waals surface area (Å²) in [5, 5.41) is 12.9. The molecule has 0 saturated carbocycles. The number of benzene rings is 1. The molecule has 0 aliphatic carbocycles. The van der Waals surface area contributed by atoms with Crippen molar-refractivity contribution in [1.82, 2.24) is 4.98 Å². The van der Waals surface area contributed by atoms with Crippen molar-refractivity contribution >= 4 is 23.1 Å². The fraction of sp³-hybridized carbons (Fsp3) is 0.267. The molecule has 5 heteroatoms. The van der Waals surface area contributed by atoms with Gasteiger partial charge in [0.05, 0.1) is 18.5 Å². The van der Waals surface area contributed by atoms with Crippen molar-refractivity contribution in [2.75, 3.05) is 30.4 Å². The van der Waals surface area contributed by atoms with Crippen LogP contribution in [-0.2, 0) is 6.54 Å². The first-order valence-electron chi connectivity index (χ1n) is 6.45. The number of hydrogen-bond acceptors (Lipinski definition) is 4. The number of hydrogen-bond donors (Lipinski definition) is 2. The van der Waals surface area contributed by atoms with Crippen LogP contribution in [0.2, 0.25) is 5.02 Å². The molecule has 0 amide bonds. The molecule has 0 bridgehead atoms. The minimum atomic E-state index is 0.130. The molecule has 0 aliphatic rings. The number of nitrogens with one attached hydrogen (secondary N) is 1. The van der Waals surface area contributed by atoms with E-state index in [9.17, 15) is 0 Å². The Morgan fingerprint density at radius 3 is 2.80 bits per heavy atom. The molecular weight excluding hydrogens is 274 g/mol. The van der Waals surface area contributed by atoms with Gasteiger partial charge < -0.3 is 15.3 Å². The highest BCUT2D eigenvalue weighted by molar-refractivity contribution is 6.30. The first-order chi connectivity index (χ1) is 9.69. The number of halogens is 1. The number of likely N-dealkylation sites (N-methyl/N-ethyl adjacent to an activating group) is 1. The SMILES string of the molecule is CN(CCO)c1ccc(NCc2cccc(Cl)c2)nc1. The molecule has 106 valence electrons. The Kier molecular flexibility index (Phi) is 5.21. The summed E-state index contributed by atoms with van der Waals surface area (Å²) in [7, 11) is 1.92. The number of anilines is 2. The van der Waals surface area contributed by atoms with Gasteiger partial charge in [0.15, 0.2) is 0 Å². The third-order valence-electron chi connectivity index (χ3n) is 2.99. The summed E-state index contributed by atoms with van der Waals surface area (Å²) in [5.74, 6) is 0.811. The summed E-state index contributed by atoms with van der Waals surface area (Å²) < 4.78 is 0. The van der Waals surface area contributed by atoms with Crippen LogP contribution in [0.1, 0.15) is 5.56 Å². The van der Waals surface area contributed by atoms with Crippen LogP contribution in [0, 0.1) is 0 Å². The molecular formula is C15H18ClN3O. The van der Waals surface area contributed by atoms with Gasteiger partial charge in [-0.1, -0.05) is 23.7 Å². The van der Waals surface area contributed by atoms with E-state index in [2.05, 4.69) is 10.3 Å². The number of aliphatic hydroxyl groups excluding tert-OH is 1. The van der Waals surface area contributed by atoms with Crippen molar-refractivity contribution in [2.24, 2.45) is 0 Å². The van der Waals surface area contributed by atoms with Crippen LogP contribution in [0.3, 0.4) is 0 Å². The van der Waals surface area contributed by atoms with Gasteiger partial charge >= 0.3 is 0 Å². The number of aliphatic hydroxyl groups is 1. The molecule has 0 fully saturated rings. The first kappa shape index (κ1) is 14.6. The van der Waals surface area contributed by atoms with Crippen LogP contribution in [0.5, 0.6) is 0 Å². The van der Waals surface area contributed by atoms with E-state index in [0.29, 0.717) is 13.1 Å². The summed E-state index contributed by atoms with van der Waals surface area (Å²) >= 11 is 5.94. The molecule has 0 radical (unpaired) electrons. The van der Waals surface area contributed by atoms with Gasteiger partial charge in [-0.05, 0) is 29.8 Å². The van der Waals surface area contributed by atoms with Crippen LogP contribution in [-0.4, -0.2) is 30.3 Å². The average Bonchev–Trinajstić information content (AvgIpc) is 2.46. The third-order valence-corrected chi connectivity index (χ3v) is 3.22. The van der Waals surface area contributed by atoms with Gasteiger partial charge in [-0.15, -0.1) is 0 Å². The standard InChI is InChI=1S/C15H18ClN3O/c1-19(7-8-20)14-5-6-15(18-11-14)17-10-12-3-2-4-13(16)9-12/h2-6,9,11,20H,7-8,10H2,1H3,(H,17,18). The van der Waals surface area contributed by atoms with Crippen molar-refractivity contribution in [2.45, 2.75) is 6.54 Å². The second-order valence-electron chi connectivity index (χ2n) is 4.53. The van der Waals surface area contributed by atoms with Crippen LogP contribution in [0.15, 0.2) is 42.6 Å². The van der Waals surface area contributed by atoms with Crippen molar-refractivity contribution in [3.8, 4) is 0 Å². The minimum Gasteiger partial charge on any atom is -0.395 e. The van der Waals surface area contributed by atoms with E-state index in [1.54, 1.807) is 6.20 Å². The molecule has 0 atom stereocenters. The van der Waals surface area contributed by atoms with E-state index >= 15 is 0 Å². The largest absolute Gasteiger partial charge is 0.395 e. The highest BCUT2D eigenvalue weighted by atomic mass is 35.5. The van der Waals surface area contributed by atoms with E-state index in [0.717, 1.165) is 22.1 Å². The van der Waals surface area contributed by atoms with E-state index in [1.165, 1.54) is 0 Å². The molecule has 2 rings (SSSR count). The zero-order valence-corrected chi connectivity index (χ0v) is 12.1. The van der Waals surface area contributed by atoms with Gasteiger partial charge in [0.1, 0.15) is 5.82 Å². The molecule has 0 unspecified atom stereocenters. The zero-order chi connectivity index (χ0) is 14.4. The van der Waals surface area contributed by atoms with Gasteiger partial charge in [0, 0.05) is 25.2 Å². The topological polar surface area (TPSA) is 48.4 Å². The maximum atomic E-state index is 8.90. The Hall–Kier alpha value is -1.78. The molecule has 0 aliphatic heterocycles. The van der Waals surface area contributed by atoms with E-state index in [1.807, 2.05) is 48.3 Å². The second kappa shape index (κ2) is 7.12. The molecule has 20 heavy (non-hydrogen) atoms. The van der Waals surface area contributed by atoms with E-state index < -0.39 is 0 Å². The lowest BCUT2D eigenvalue weighted by Crippen LogP contribution is -2.21. The fourth-order valence-corrected chi connectivity index (χ4v) is 2.05. The van der Waals surface area contributed by atoms with Crippen molar-refractivity contribution in [3.63, 3.8) is 0 Å². The van der Waals surface area contributed by atoms with E-state index in [4.69, 9.17) is 16.7 Å². The van der Waals surface area contributed by atoms with Crippen LogP contribution in [0.4, 0.5) is 11.5 Å². The predicted octanol–water partition coefficient (Wildman–Crippen LogP) is 2.78. The number of rotatable bonds is 6. The predicted molar refractivity (Wildman–Crippen MR) is 83.4 cm³/mol.